The van der Waals surface area contributed by atoms with E-state index in [1.807, 2.05) is 49.7 Å². The summed E-state index contributed by atoms with van der Waals surface area (Å²) in [5.74, 6) is 1.43. The van der Waals surface area contributed by atoms with Crippen LogP contribution < -0.4 is 14.8 Å². The maximum Gasteiger partial charge on any atom is 0.222 e. The smallest absolute Gasteiger partial charge is 0.222 e. The number of aryl methyl sites for hydroxylation is 3. The van der Waals surface area contributed by atoms with Crippen molar-refractivity contribution in [3.05, 3.63) is 41.2 Å². The summed E-state index contributed by atoms with van der Waals surface area (Å²) in [6.45, 7) is 9.35. The van der Waals surface area contributed by atoms with Crippen molar-refractivity contribution in [1.82, 2.24) is 15.1 Å². The average molecular weight is 388 g/mol. The van der Waals surface area contributed by atoms with Crippen LogP contribution in [0.3, 0.4) is 0 Å². The molecule has 1 atom stereocenters. The summed E-state index contributed by atoms with van der Waals surface area (Å²) in [7, 11) is 1.63. The fourth-order valence-electron chi connectivity index (χ4n) is 3.11. The molecule has 0 saturated carbocycles. The van der Waals surface area contributed by atoms with E-state index in [-0.39, 0.29) is 11.9 Å². The van der Waals surface area contributed by atoms with E-state index < -0.39 is 0 Å². The number of methoxy groups -OCH3 is 1. The highest BCUT2D eigenvalue weighted by atomic mass is 16.5. The van der Waals surface area contributed by atoms with Crippen LogP contribution in [0.4, 0.5) is 0 Å². The standard InChI is InChI=1S/C22H33N3O3/c1-6-7-8-13-28-20-10-9-19(15-21(20)27-5)18(4)23-22(26)11-12-25-17(3)14-16(2)24-25/h9-10,14-15,18H,6-8,11-13H2,1-5H3,(H,23,26). The van der Waals surface area contributed by atoms with Gasteiger partial charge in [-0.15, -0.1) is 0 Å². The van der Waals surface area contributed by atoms with E-state index in [0.717, 1.165) is 42.0 Å². The van der Waals surface area contributed by atoms with Gasteiger partial charge in [-0.2, -0.15) is 5.10 Å². The van der Waals surface area contributed by atoms with Crippen LogP contribution in [0.2, 0.25) is 0 Å². The van der Waals surface area contributed by atoms with E-state index in [2.05, 4.69) is 17.3 Å². The number of aromatic nitrogens is 2. The fourth-order valence-corrected chi connectivity index (χ4v) is 3.11. The first kappa shape index (κ1) is 21.8. The summed E-state index contributed by atoms with van der Waals surface area (Å²) in [6, 6.07) is 7.72. The maximum absolute atomic E-state index is 12.3. The van der Waals surface area contributed by atoms with Crippen LogP contribution in [0.25, 0.3) is 0 Å². The van der Waals surface area contributed by atoms with Crippen LogP contribution in [0.5, 0.6) is 11.5 Å². The van der Waals surface area contributed by atoms with Gasteiger partial charge in [-0.25, -0.2) is 0 Å². The zero-order valence-electron chi connectivity index (χ0n) is 17.7. The topological polar surface area (TPSA) is 65.4 Å². The molecule has 6 nitrogen and oxygen atoms in total. The molecule has 0 bridgehead atoms. The van der Waals surface area contributed by atoms with E-state index in [1.54, 1.807) is 7.11 Å². The van der Waals surface area contributed by atoms with Crippen molar-refractivity contribution < 1.29 is 14.3 Å². The molecule has 6 heteroatoms. The molecule has 0 saturated heterocycles. The third-order valence-electron chi connectivity index (χ3n) is 4.72. The molecule has 0 aliphatic heterocycles. The highest BCUT2D eigenvalue weighted by Gasteiger charge is 2.14. The number of unbranched alkanes of at least 4 members (excludes halogenated alkanes) is 2. The van der Waals surface area contributed by atoms with Gasteiger partial charge >= 0.3 is 0 Å². The molecular formula is C22H33N3O3. The van der Waals surface area contributed by atoms with E-state index in [0.29, 0.717) is 25.3 Å². The van der Waals surface area contributed by atoms with Gasteiger partial charge in [0.2, 0.25) is 5.91 Å². The van der Waals surface area contributed by atoms with Gasteiger partial charge in [-0.3, -0.25) is 9.48 Å². The number of amides is 1. The van der Waals surface area contributed by atoms with E-state index in [4.69, 9.17) is 9.47 Å². The van der Waals surface area contributed by atoms with Gasteiger partial charge in [0.15, 0.2) is 11.5 Å². The SMILES string of the molecule is CCCCCOc1ccc(C(C)NC(=O)CCn2nc(C)cc2C)cc1OC. The number of benzene rings is 1. The molecule has 1 aromatic carbocycles. The lowest BCUT2D eigenvalue weighted by Gasteiger charge is -2.17. The monoisotopic (exact) mass is 387 g/mol. The number of rotatable bonds is 11. The molecule has 2 rings (SSSR count). The number of carbonyl (C=O) groups excluding carboxylic acids is 1. The third kappa shape index (κ3) is 6.29. The molecule has 1 N–H and O–H groups in total. The molecule has 0 fully saturated rings. The molecule has 0 aliphatic carbocycles. The Balaban J connectivity index is 1.90. The Morgan fingerprint density at radius 1 is 1.21 bits per heavy atom. The Hall–Kier alpha value is -2.50. The first-order valence-corrected chi connectivity index (χ1v) is 10.1. The van der Waals surface area contributed by atoms with Crippen molar-refractivity contribution in [2.24, 2.45) is 0 Å². The fraction of sp³-hybridized carbons (Fsp3) is 0.545. The van der Waals surface area contributed by atoms with Crippen molar-refractivity contribution in [1.29, 1.82) is 0 Å². The van der Waals surface area contributed by atoms with Crippen LogP contribution in [0.15, 0.2) is 24.3 Å². The second kappa shape index (κ2) is 10.7. The number of nitrogens with one attached hydrogen (secondary N) is 1. The average Bonchev–Trinajstić information content (AvgIpc) is 3.00. The van der Waals surface area contributed by atoms with Crippen molar-refractivity contribution in [2.45, 2.75) is 66.0 Å². The molecule has 1 amide bonds. The van der Waals surface area contributed by atoms with Gasteiger partial charge in [-0.05, 0) is 51.0 Å². The predicted octanol–water partition coefficient (Wildman–Crippen LogP) is 4.35. The Morgan fingerprint density at radius 3 is 2.64 bits per heavy atom. The first-order chi connectivity index (χ1) is 13.4. The predicted molar refractivity (Wildman–Crippen MR) is 111 cm³/mol. The summed E-state index contributed by atoms with van der Waals surface area (Å²) >= 11 is 0. The molecule has 1 aromatic heterocycles. The van der Waals surface area contributed by atoms with Gasteiger partial charge in [0.1, 0.15) is 0 Å². The van der Waals surface area contributed by atoms with Crippen LogP contribution in [0.1, 0.15) is 62.5 Å². The quantitative estimate of drug-likeness (QED) is 0.582. The van der Waals surface area contributed by atoms with Crippen LogP contribution in [-0.4, -0.2) is 29.4 Å². The van der Waals surface area contributed by atoms with Gasteiger partial charge < -0.3 is 14.8 Å². The molecule has 2 aromatic rings. The summed E-state index contributed by atoms with van der Waals surface area (Å²) in [5.41, 5.74) is 3.02. The molecule has 0 aliphatic rings. The van der Waals surface area contributed by atoms with Crippen LogP contribution >= 0.6 is 0 Å². The number of nitrogens with zero attached hydrogens (tertiary/aromatic N) is 2. The molecule has 154 valence electrons. The number of hydrogen-bond donors (Lipinski definition) is 1. The lowest BCUT2D eigenvalue weighted by Crippen LogP contribution is -2.27. The minimum atomic E-state index is -0.115. The van der Waals surface area contributed by atoms with E-state index >= 15 is 0 Å². The Morgan fingerprint density at radius 2 is 2.00 bits per heavy atom. The lowest BCUT2D eigenvalue weighted by molar-refractivity contribution is -0.122. The second-order valence-electron chi connectivity index (χ2n) is 7.16. The molecule has 1 heterocycles. The minimum absolute atomic E-state index is 0.00101. The summed E-state index contributed by atoms with van der Waals surface area (Å²) in [4.78, 5) is 12.3. The summed E-state index contributed by atoms with van der Waals surface area (Å²) in [5, 5.41) is 7.44. The summed E-state index contributed by atoms with van der Waals surface area (Å²) < 4.78 is 13.2. The highest BCUT2D eigenvalue weighted by Crippen LogP contribution is 2.30. The van der Waals surface area contributed by atoms with Gasteiger partial charge in [0.25, 0.3) is 0 Å². The van der Waals surface area contributed by atoms with Crippen molar-refractivity contribution in [3.63, 3.8) is 0 Å². The van der Waals surface area contributed by atoms with E-state index in [9.17, 15) is 4.79 Å². The molecule has 0 radical (unpaired) electrons. The molecule has 1 unspecified atom stereocenters. The van der Waals surface area contributed by atoms with Gasteiger partial charge in [0, 0.05) is 18.7 Å². The van der Waals surface area contributed by atoms with Crippen LogP contribution in [-0.2, 0) is 11.3 Å². The molecular weight excluding hydrogens is 354 g/mol. The third-order valence-corrected chi connectivity index (χ3v) is 4.72. The number of hydrogen-bond acceptors (Lipinski definition) is 4. The second-order valence-corrected chi connectivity index (χ2v) is 7.16. The van der Waals surface area contributed by atoms with Crippen molar-refractivity contribution >= 4 is 5.91 Å². The zero-order valence-corrected chi connectivity index (χ0v) is 17.7. The zero-order chi connectivity index (χ0) is 20.5. The first-order valence-electron chi connectivity index (χ1n) is 10.1. The Bertz CT molecular complexity index is 770. The molecule has 28 heavy (non-hydrogen) atoms. The van der Waals surface area contributed by atoms with Gasteiger partial charge in [-0.1, -0.05) is 25.8 Å². The van der Waals surface area contributed by atoms with Gasteiger partial charge in [0.05, 0.1) is 25.5 Å². The maximum atomic E-state index is 12.3. The molecule has 0 spiro atoms. The Labute approximate surface area is 168 Å². The highest BCUT2D eigenvalue weighted by molar-refractivity contribution is 5.76. The van der Waals surface area contributed by atoms with Crippen molar-refractivity contribution in [2.75, 3.05) is 13.7 Å². The van der Waals surface area contributed by atoms with Crippen molar-refractivity contribution in [3.8, 4) is 11.5 Å². The number of carbonyl (C=O) groups is 1. The Kier molecular flexibility index (Phi) is 8.36. The normalized spacial score (nSPS) is 11.9. The van der Waals surface area contributed by atoms with E-state index in [1.165, 1.54) is 0 Å². The summed E-state index contributed by atoms with van der Waals surface area (Å²) in [6.07, 6.45) is 3.74. The minimum Gasteiger partial charge on any atom is -0.493 e. The number of ether oxygens (including phenoxy) is 2. The lowest BCUT2D eigenvalue weighted by atomic mass is 10.1. The van der Waals surface area contributed by atoms with Crippen LogP contribution in [0, 0.1) is 13.8 Å². The largest absolute Gasteiger partial charge is 0.493 e.